The van der Waals surface area contributed by atoms with Crippen molar-refractivity contribution < 1.29 is 14.2 Å². The lowest BCUT2D eigenvalue weighted by atomic mass is 10.0. The van der Waals surface area contributed by atoms with Gasteiger partial charge in [0.2, 0.25) is 0 Å². The summed E-state index contributed by atoms with van der Waals surface area (Å²) >= 11 is 0. The molecular formula is C22H29FN4O2. The normalized spacial score (nSPS) is 16.4. The van der Waals surface area contributed by atoms with Crippen LogP contribution in [0.3, 0.4) is 0 Å². The topological polar surface area (TPSA) is 69.1 Å². The molecule has 7 heteroatoms. The molecule has 0 bridgehead atoms. The Morgan fingerprint density at radius 2 is 1.93 bits per heavy atom. The van der Waals surface area contributed by atoms with Gasteiger partial charge in [-0.15, -0.1) is 0 Å². The fraction of sp³-hybridized carbons (Fsp3) is 0.409. The van der Waals surface area contributed by atoms with Crippen LogP contribution in [0.1, 0.15) is 24.1 Å². The van der Waals surface area contributed by atoms with Crippen molar-refractivity contribution in [2.75, 3.05) is 39.4 Å². The Labute approximate surface area is 171 Å². The van der Waals surface area contributed by atoms with Crippen LogP contribution in [0.2, 0.25) is 0 Å². The number of hydrogen-bond acceptors (Lipinski definition) is 4. The van der Waals surface area contributed by atoms with E-state index in [1.807, 2.05) is 31.2 Å². The number of nitrogens with zero attached hydrogens (tertiary/aromatic N) is 2. The van der Waals surface area contributed by atoms with Gasteiger partial charge >= 0.3 is 0 Å². The molecule has 2 aromatic rings. The third-order valence-electron chi connectivity index (χ3n) is 4.88. The number of hydrogen-bond donors (Lipinski definition) is 3. The SMILES string of the molecule is CCNC(=NCc1cccc(O)c1)NCC(c1ccc(F)cc1)N1CCOCC1. The Balaban J connectivity index is 1.70. The zero-order valence-electron chi connectivity index (χ0n) is 16.8. The van der Waals surface area contributed by atoms with Crippen LogP contribution in [0.5, 0.6) is 5.75 Å². The summed E-state index contributed by atoms with van der Waals surface area (Å²) in [4.78, 5) is 6.98. The molecule has 29 heavy (non-hydrogen) atoms. The monoisotopic (exact) mass is 400 g/mol. The number of benzene rings is 2. The lowest BCUT2D eigenvalue weighted by Crippen LogP contribution is -2.46. The number of phenolic OH excluding ortho intramolecular Hbond substituents is 1. The molecule has 0 radical (unpaired) electrons. The Bertz CT molecular complexity index is 792. The highest BCUT2D eigenvalue weighted by atomic mass is 19.1. The first kappa shape index (κ1) is 21.1. The predicted octanol–water partition coefficient (Wildman–Crippen LogP) is 2.66. The van der Waals surface area contributed by atoms with Crippen molar-refractivity contribution in [1.29, 1.82) is 0 Å². The molecule has 1 heterocycles. The van der Waals surface area contributed by atoms with E-state index >= 15 is 0 Å². The molecule has 1 aliphatic heterocycles. The van der Waals surface area contributed by atoms with Crippen molar-refractivity contribution >= 4 is 5.96 Å². The zero-order valence-corrected chi connectivity index (χ0v) is 16.8. The minimum absolute atomic E-state index is 0.0872. The van der Waals surface area contributed by atoms with Gasteiger partial charge in [0.15, 0.2) is 5.96 Å². The van der Waals surface area contributed by atoms with E-state index < -0.39 is 0 Å². The smallest absolute Gasteiger partial charge is 0.191 e. The summed E-state index contributed by atoms with van der Waals surface area (Å²) in [5, 5.41) is 16.3. The van der Waals surface area contributed by atoms with Crippen molar-refractivity contribution in [3.63, 3.8) is 0 Å². The summed E-state index contributed by atoms with van der Waals surface area (Å²) in [6, 6.07) is 13.9. The molecular weight excluding hydrogens is 371 g/mol. The molecule has 156 valence electrons. The van der Waals surface area contributed by atoms with E-state index in [2.05, 4.69) is 20.5 Å². The number of nitrogens with one attached hydrogen (secondary N) is 2. The van der Waals surface area contributed by atoms with E-state index in [1.54, 1.807) is 12.1 Å². The lowest BCUT2D eigenvalue weighted by molar-refractivity contribution is 0.0170. The molecule has 0 saturated carbocycles. The average molecular weight is 400 g/mol. The number of morpholine rings is 1. The summed E-state index contributed by atoms with van der Waals surface area (Å²) < 4.78 is 18.9. The summed E-state index contributed by atoms with van der Waals surface area (Å²) in [7, 11) is 0. The highest BCUT2D eigenvalue weighted by Crippen LogP contribution is 2.21. The van der Waals surface area contributed by atoms with Crippen molar-refractivity contribution in [3.8, 4) is 5.75 Å². The summed E-state index contributed by atoms with van der Waals surface area (Å²) in [5.74, 6) is 0.707. The molecule has 3 rings (SSSR count). The van der Waals surface area contributed by atoms with Crippen molar-refractivity contribution in [3.05, 3.63) is 65.5 Å². The van der Waals surface area contributed by atoms with Crippen LogP contribution in [0.25, 0.3) is 0 Å². The second-order valence-corrected chi connectivity index (χ2v) is 6.96. The third kappa shape index (κ3) is 6.44. The maximum absolute atomic E-state index is 13.4. The highest BCUT2D eigenvalue weighted by molar-refractivity contribution is 5.79. The minimum atomic E-state index is -0.233. The van der Waals surface area contributed by atoms with Crippen LogP contribution in [0.4, 0.5) is 4.39 Å². The molecule has 0 aliphatic carbocycles. The second kappa shape index (κ2) is 10.8. The Morgan fingerprint density at radius 3 is 2.62 bits per heavy atom. The van der Waals surface area contributed by atoms with Gasteiger partial charge < -0.3 is 20.5 Å². The molecule has 0 amide bonds. The van der Waals surface area contributed by atoms with Gasteiger partial charge in [0, 0.05) is 26.2 Å². The van der Waals surface area contributed by atoms with Gasteiger partial charge in [-0.25, -0.2) is 9.38 Å². The molecule has 0 aromatic heterocycles. The molecule has 1 fully saturated rings. The van der Waals surface area contributed by atoms with E-state index in [1.165, 1.54) is 12.1 Å². The van der Waals surface area contributed by atoms with E-state index in [-0.39, 0.29) is 17.6 Å². The maximum Gasteiger partial charge on any atom is 0.191 e. The van der Waals surface area contributed by atoms with Gasteiger partial charge in [0.1, 0.15) is 11.6 Å². The first-order valence-electron chi connectivity index (χ1n) is 10.0. The standard InChI is InChI=1S/C22H29FN4O2/c1-2-24-22(25-15-17-4-3-5-20(28)14-17)26-16-21(27-10-12-29-13-11-27)18-6-8-19(23)9-7-18/h3-9,14,21,28H,2,10-13,15-16H2,1H3,(H2,24,25,26). The number of rotatable bonds is 7. The van der Waals surface area contributed by atoms with Crippen LogP contribution in [0.15, 0.2) is 53.5 Å². The molecule has 1 aliphatic rings. The number of aromatic hydroxyl groups is 1. The Morgan fingerprint density at radius 1 is 1.17 bits per heavy atom. The highest BCUT2D eigenvalue weighted by Gasteiger charge is 2.23. The van der Waals surface area contributed by atoms with Gasteiger partial charge in [0.05, 0.1) is 25.8 Å². The Kier molecular flexibility index (Phi) is 7.84. The molecule has 1 saturated heterocycles. The van der Waals surface area contributed by atoms with Crippen LogP contribution >= 0.6 is 0 Å². The van der Waals surface area contributed by atoms with Crippen LogP contribution in [0, 0.1) is 5.82 Å². The molecule has 0 spiro atoms. The summed E-state index contributed by atoms with van der Waals surface area (Å²) in [5.41, 5.74) is 2.00. The van der Waals surface area contributed by atoms with Crippen molar-refractivity contribution in [1.82, 2.24) is 15.5 Å². The van der Waals surface area contributed by atoms with Gasteiger partial charge in [-0.05, 0) is 42.3 Å². The number of phenols is 1. The molecule has 2 aromatic carbocycles. The lowest BCUT2D eigenvalue weighted by Gasteiger charge is -2.35. The van der Waals surface area contributed by atoms with Gasteiger partial charge in [-0.3, -0.25) is 4.90 Å². The van der Waals surface area contributed by atoms with Crippen LogP contribution in [-0.2, 0) is 11.3 Å². The van der Waals surface area contributed by atoms with Crippen LogP contribution in [-0.4, -0.2) is 55.4 Å². The largest absolute Gasteiger partial charge is 0.508 e. The van der Waals surface area contributed by atoms with Crippen LogP contribution < -0.4 is 10.6 Å². The number of ether oxygens (including phenoxy) is 1. The number of halogens is 1. The first-order valence-corrected chi connectivity index (χ1v) is 10.0. The van der Waals surface area contributed by atoms with Crippen molar-refractivity contribution in [2.45, 2.75) is 19.5 Å². The number of aliphatic imine (C=N–C) groups is 1. The summed E-state index contributed by atoms with van der Waals surface area (Å²) in [6.45, 7) is 6.92. The first-order chi connectivity index (χ1) is 14.2. The molecule has 1 atom stereocenters. The fourth-order valence-electron chi connectivity index (χ4n) is 3.39. The van der Waals surface area contributed by atoms with Gasteiger partial charge in [0.25, 0.3) is 0 Å². The van der Waals surface area contributed by atoms with E-state index in [0.717, 1.165) is 30.8 Å². The molecule has 6 nitrogen and oxygen atoms in total. The molecule has 3 N–H and O–H groups in total. The minimum Gasteiger partial charge on any atom is -0.508 e. The summed E-state index contributed by atoms with van der Waals surface area (Å²) in [6.07, 6.45) is 0. The second-order valence-electron chi connectivity index (χ2n) is 6.96. The average Bonchev–Trinajstić information content (AvgIpc) is 2.74. The maximum atomic E-state index is 13.4. The predicted molar refractivity (Wildman–Crippen MR) is 112 cm³/mol. The fourth-order valence-corrected chi connectivity index (χ4v) is 3.39. The van der Waals surface area contributed by atoms with E-state index in [0.29, 0.717) is 32.3 Å². The quantitative estimate of drug-likeness (QED) is 0.493. The Hall–Kier alpha value is -2.64. The van der Waals surface area contributed by atoms with E-state index in [9.17, 15) is 9.50 Å². The zero-order chi connectivity index (χ0) is 20.5. The van der Waals surface area contributed by atoms with Gasteiger partial charge in [-0.2, -0.15) is 0 Å². The van der Waals surface area contributed by atoms with Gasteiger partial charge in [-0.1, -0.05) is 24.3 Å². The van der Waals surface area contributed by atoms with E-state index in [4.69, 9.17) is 4.74 Å². The molecule has 1 unspecified atom stereocenters. The van der Waals surface area contributed by atoms with Crippen molar-refractivity contribution in [2.24, 2.45) is 4.99 Å². The third-order valence-corrected chi connectivity index (χ3v) is 4.88. The number of guanidine groups is 1.